The molecule has 0 radical (unpaired) electrons. The lowest BCUT2D eigenvalue weighted by molar-refractivity contribution is -0.129. The molecule has 2 saturated heterocycles. The number of ether oxygens (including phenoxy) is 1. The van der Waals surface area contributed by atoms with Gasteiger partial charge in [-0.15, -0.1) is 11.8 Å². The highest BCUT2D eigenvalue weighted by Crippen LogP contribution is 2.56. The maximum Gasteiger partial charge on any atom is 0.225 e. The van der Waals surface area contributed by atoms with Gasteiger partial charge < -0.3 is 19.7 Å². The number of rotatable bonds is 10. The van der Waals surface area contributed by atoms with E-state index < -0.39 is 17.0 Å². The van der Waals surface area contributed by atoms with Gasteiger partial charge in [0, 0.05) is 89.9 Å². The van der Waals surface area contributed by atoms with Crippen LogP contribution in [0.2, 0.25) is 5.02 Å². The first-order valence-electron chi connectivity index (χ1n) is 15.0. The molecule has 2 aliphatic heterocycles. The van der Waals surface area contributed by atoms with Gasteiger partial charge in [0.05, 0.1) is 17.4 Å². The number of nitrogens with zero attached hydrogens (tertiary/aromatic N) is 3. The maximum absolute atomic E-state index is 14.3. The Labute approximate surface area is 276 Å². The number of thioether (sulfide) groups is 1. The lowest BCUT2D eigenvalue weighted by Crippen LogP contribution is -2.59. The first kappa shape index (κ1) is 31.6. The Morgan fingerprint density at radius 3 is 2.52 bits per heavy atom. The number of piperazine rings is 1. The number of amides is 1. The number of carbonyl (C=O) groups is 1. The van der Waals surface area contributed by atoms with Crippen molar-refractivity contribution >= 4 is 56.1 Å². The molecule has 0 spiro atoms. The fourth-order valence-electron chi connectivity index (χ4n) is 6.55. The van der Waals surface area contributed by atoms with E-state index >= 15 is 0 Å². The summed E-state index contributed by atoms with van der Waals surface area (Å²) < 4.78 is 5.41. The second-order valence-electron chi connectivity index (χ2n) is 11.8. The third kappa shape index (κ3) is 6.47. The minimum Gasteiger partial charge on any atom is -0.383 e. The first-order valence-corrected chi connectivity index (χ1v) is 17.0. The molecule has 0 aliphatic carbocycles. The zero-order valence-electron chi connectivity index (χ0n) is 25.0. The van der Waals surface area contributed by atoms with E-state index in [4.69, 9.17) is 16.3 Å². The predicted octanol–water partition coefficient (Wildman–Crippen LogP) is 6.48. The number of aromatic nitrogens is 1. The quantitative estimate of drug-likeness (QED) is 0.198. The van der Waals surface area contributed by atoms with Crippen molar-refractivity contribution in [1.29, 1.82) is 0 Å². The molecule has 3 aromatic carbocycles. The van der Waals surface area contributed by atoms with Crippen LogP contribution in [0, 0.1) is 6.92 Å². The van der Waals surface area contributed by atoms with Crippen molar-refractivity contribution in [2.24, 2.45) is 0 Å². The molecule has 232 valence electrons. The molecule has 0 bridgehead atoms. The molecule has 2 N–H and O–H groups in total. The van der Waals surface area contributed by atoms with Crippen molar-refractivity contribution in [2.45, 2.75) is 41.8 Å². The first-order chi connectivity index (χ1) is 21.3. The highest BCUT2D eigenvalue weighted by molar-refractivity contribution is 9.10. The minimum atomic E-state index is -0.884. The molecule has 6 rings (SSSR count). The van der Waals surface area contributed by atoms with Crippen molar-refractivity contribution < 1.29 is 14.6 Å². The summed E-state index contributed by atoms with van der Waals surface area (Å²) in [5.74, 6) is 0.0265. The van der Waals surface area contributed by atoms with E-state index in [2.05, 4.69) is 61.9 Å². The van der Waals surface area contributed by atoms with Crippen LogP contribution in [0.25, 0.3) is 10.9 Å². The molecular weight excluding hydrogens is 660 g/mol. The molecule has 4 aromatic rings. The molecule has 0 saturated carbocycles. The van der Waals surface area contributed by atoms with E-state index in [9.17, 15) is 9.90 Å². The number of fused-ring (bicyclic) bond motifs is 1. The monoisotopic (exact) mass is 696 g/mol. The van der Waals surface area contributed by atoms with E-state index in [1.165, 1.54) is 5.56 Å². The van der Waals surface area contributed by atoms with Gasteiger partial charge in [0.25, 0.3) is 0 Å². The number of carbonyl (C=O) groups excluding carboxylic acids is 1. The average molecular weight is 698 g/mol. The number of methoxy groups -OCH3 is 1. The molecular formula is C34H38BrClN4O3S. The number of aliphatic hydroxyl groups excluding tert-OH is 1. The Hall–Kier alpha value is -2.37. The lowest BCUT2D eigenvalue weighted by Gasteiger charge is -2.47. The summed E-state index contributed by atoms with van der Waals surface area (Å²) in [5, 5.41) is 14.2. The largest absolute Gasteiger partial charge is 0.383 e. The summed E-state index contributed by atoms with van der Waals surface area (Å²) in [6, 6.07) is 21.9. The standard InChI is InChI=1S/C34H38BrClN4O3S/c1-23-3-10-27(11-4-23)44-34(33(42)39-15-13-38(14-16-39)17-18-43-2)20-31(41)40(22-24-5-7-25(35)8-6-24)32(34)29-21-37-30-19-26(36)9-12-28(29)30/h3-12,19,21,32-33,37,42H,13-18,20,22H2,1-2H3. The van der Waals surface area contributed by atoms with E-state index in [0.717, 1.165) is 51.0 Å². The number of aromatic amines is 1. The third-order valence-electron chi connectivity index (χ3n) is 8.89. The topological polar surface area (TPSA) is 72.0 Å². The Morgan fingerprint density at radius 2 is 1.82 bits per heavy atom. The van der Waals surface area contributed by atoms with Crippen molar-refractivity contribution in [3.05, 3.63) is 99.1 Å². The highest BCUT2D eigenvalue weighted by atomic mass is 79.9. The summed E-state index contributed by atoms with van der Waals surface area (Å²) in [5.41, 5.74) is 4.09. The molecule has 44 heavy (non-hydrogen) atoms. The zero-order chi connectivity index (χ0) is 30.8. The van der Waals surface area contributed by atoms with Gasteiger partial charge in [-0.25, -0.2) is 0 Å². The van der Waals surface area contributed by atoms with E-state index in [1.807, 2.05) is 53.6 Å². The number of halogens is 2. The third-order valence-corrected chi connectivity index (χ3v) is 11.1. The summed E-state index contributed by atoms with van der Waals surface area (Å²) in [6.07, 6.45) is 1.33. The smallest absolute Gasteiger partial charge is 0.225 e. The van der Waals surface area contributed by atoms with Crippen LogP contribution in [0.3, 0.4) is 0 Å². The van der Waals surface area contributed by atoms with Crippen LogP contribution < -0.4 is 0 Å². The fourth-order valence-corrected chi connectivity index (χ4v) is 8.51. The number of aryl methyl sites for hydroxylation is 1. The number of nitrogens with one attached hydrogen (secondary N) is 1. The van der Waals surface area contributed by atoms with Crippen LogP contribution in [0.15, 0.2) is 82.3 Å². The molecule has 2 aliphatic rings. The summed E-state index contributed by atoms with van der Waals surface area (Å²) in [4.78, 5) is 25.2. The number of H-pyrrole nitrogens is 1. The molecule has 7 nitrogen and oxygen atoms in total. The average Bonchev–Trinajstić information content (AvgIpc) is 3.55. The van der Waals surface area contributed by atoms with Gasteiger partial charge in [0.15, 0.2) is 0 Å². The Balaban J connectivity index is 1.45. The second-order valence-corrected chi connectivity index (χ2v) is 14.6. The van der Waals surface area contributed by atoms with Crippen LogP contribution >= 0.6 is 39.3 Å². The SMILES string of the molecule is COCCN1CCN(C(O)C2(Sc3ccc(C)cc3)CC(=O)N(Cc3ccc(Br)cc3)C2c2c[nH]c3cc(Cl)ccc23)CC1. The zero-order valence-corrected chi connectivity index (χ0v) is 28.2. The molecule has 3 unspecified atom stereocenters. The van der Waals surface area contributed by atoms with Crippen LogP contribution in [-0.4, -0.2) is 88.1 Å². The normalized spacial score (nSPS) is 22.2. The van der Waals surface area contributed by atoms with Crippen LogP contribution in [0.4, 0.5) is 0 Å². The van der Waals surface area contributed by atoms with Gasteiger partial charge in [-0.05, 0) is 48.9 Å². The van der Waals surface area contributed by atoms with Crippen molar-refractivity contribution in [2.75, 3.05) is 46.4 Å². The van der Waals surface area contributed by atoms with E-state index in [-0.39, 0.29) is 12.3 Å². The number of benzene rings is 3. The summed E-state index contributed by atoms with van der Waals surface area (Å²) in [6.45, 7) is 7.13. The molecule has 10 heteroatoms. The van der Waals surface area contributed by atoms with Crippen LogP contribution in [-0.2, 0) is 16.1 Å². The molecule has 1 amide bonds. The molecule has 3 atom stereocenters. The maximum atomic E-state index is 14.3. The van der Waals surface area contributed by atoms with Gasteiger partial charge in [0.1, 0.15) is 6.23 Å². The lowest BCUT2D eigenvalue weighted by atomic mass is 9.89. The number of aliphatic hydroxyl groups is 1. The van der Waals surface area contributed by atoms with Crippen LogP contribution in [0.5, 0.6) is 0 Å². The van der Waals surface area contributed by atoms with E-state index in [0.29, 0.717) is 31.3 Å². The molecule has 3 heterocycles. The van der Waals surface area contributed by atoms with Crippen molar-refractivity contribution in [3.8, 4) is 0 Å². The Morgan fingerprint density at radius 1 is 1.09 bits per heavy atom. The van der Waals surface area contributed by atoms with Crippen molar-refractivity contribution in [1.82, 2.24) is 19.7 Å². The van der Waals surface area contributed by atoms with Gasteiger partial charge in [-0.3, -0.25) is 14.6 Å². The van der Waals surface area contributed by atoms with Gasteiger partial charge in [-0.1, -0.05) is 63.4 Å². The number of hydrogen-bond donors (Lipinski definition) is 2. The van der Waals surface area contributed by atoms with Crippen LogP contribution in [0.1, 0.15) is 29.2 Å². The Kier molecular flexibility index (Phi) is 9.73. The molecule has 2 fully saturated rings. The predicted molar refractivity (Wildman–Crippen MR) is 181 cm³/mol. The van der Waals surface area contributed by atoms with Crippen molar-refractivity contribution in [3.63, 3.8) is 0 Å². The fraction of sp³-hybridized carbons (Fsp3) is 0.382. The summed E-state index contributed by atoms with van der Waals surface area (Å²) in [7, 11) is 1.72. The van der Waals surface area contributed by atoms with Gasteiger partial charge in [-0.2, -0.15) is 0 Å². The summed E-state index contributed by atoms with van der Waals surface area (Å²) >= 11 is 11.5. The molecule has 1 aromatic heterocycles. The van der Waals surface area contributed by atoms with Gasteiger partial charge in [0.2, 0.25) is 5.91 Å². The highest BCUT2D eigenvalue weighted by Gasteiger charge is 2.59. The van der Waals surface area contributed by atoms with Gasteiger partial charge >= 0.3 is 0 Å². The Bertz CT molecular complexity index is 1590. The number of likely N-dealkylation sites (tertiary alicyclic amines) is 1. The minimum absolute atomic E-state index is 0.0265. The van der Waals surface area contributed by atoms with E-state index in [1.54, 1.807) is 18.9 Å². The second kappa shape index (κ2) is 13.5. The number of hydrogen-bond acceptors (Lipinski definition) is 6.